The zero-order valence-electron chi connectivity index (χ0n) is 40.1. The van der Waals surface area contributed by atoms with Crippen molar-refractivity contribution in [2.24, 2.45) is 11.8 Å². The Morgan fingerprint density at radius 1 is 0.758 bits per heavy atom. The van der Waals surface area contributed by atoms with E-state index in [4.69, 9.17) is 38.0 Å². The highest BCUT2D eigenvalue weighted by atomic mass is 35.5. The summed E-state index contributed by atoms with van der Waals surface area (Å²) >= 11 is 13.1. The third-order valence-corrected chi connectivity index (χ3v) is 10.8. The Hall–Kier alpha value is -5.84. The van der Waals surface area contributed by atoms with Crippen molar-refractivity contribution in [3.63, 3.8) is 0 Å². The summed E-state index contributed by atoms with van der Waals surface area (Å²) in [5, 5.41) is 14.1. The van der Waals surface area contributed by atoms with Gasteiger partial charge in [-0.05, 0) is 63.1 Å². The van der Waals surface area contributed by atoms with E-state index in [-0.39, 0.29) is 37.5 Å². The quantitative estimate of drug-likeness (QED) is 0.0566. The third kappa shape index (κ3) is 21.0. The number of aldehydes is 1. The van der Waals surface area contributed by atoms with Crippen molar-refractivity contribution in [2.75, 3.05) is 40.5 Å². The molecule has 17 heteroatoms. The Morgan fingerprint density at radius 3 is 1.53 bits per heavy atom. The first-order chi connectivity index (χ1) is 31.6. The molecule has 4 aromatic rings. The van der Waals surface area contributed by atoms with Crippen molar-refractivity contribution in [1.82, 2.24) is 40.4 Å². The lowest BCUT2D eigenvalue weighted by molar-refractivity contribution is -0.133. The topological polar surface area (TPSA) is 195 Å². The number of imidazole rings is 2. The summed E-state index contributed by atoms with van der Waals surface area (Å²) < 4.78 is 9.21. The van der Waals surface area contributed by atoms with E-state index in [0.29, 0.717) is 46.6 Å². The second-order valence-corrected chi connectivity index (χ2v) is 15.9. The predicted octanol–water partition coefficient (Wildman–Crippen LogP) is 9.81. The van der Waals surface area contributed by atoms with Crippen LogP contribution < -0.4 is 10.6 Å². The van der Waals surface area contributed by atoms with Gasteiger partial charge >= 0.3 is 12.2 Å². The van der Waals surface area contributed by atoms with Gasteiger partial charge in [-0.15, -0.1) is 25.7 Å². The summed E-state index contributed by atoms with van der Waals surface area (Å²) in [5.41, 5.74) is 5.12. The minimum Gasteiger partial charge on any atom is -0.465 e. The molecule has 1 unspecified atom stereocenters. The van der Waals surface area contributed by atoms with E-state index in [1.54, 1.807) is 4.90 Å². The predicted molar refractivity (Wildman–Crippen MR) is 266 cm³/mol. The average Bonchev–Trinajstić information content (AvgIpc) is 3.91. The number of halogens is 2. The van der Waals surface area contributed by atoms with Crippen LogP contribution in [-0.2, 0) is 32.2 Å². The molecule has 0 aliphatic carbocycles. The van der Waals surface area contributed by atoms with Crippen molar-refractivity contribution in [3.8, 4) is 59.3 Å². The van der Waals surface area contributed by atoms with Gasteiger partial charge in [0.25, 0.3) is 0 Å². The van der Waals surface area contributed by atoms with E-state index >= 15 is 0 Å². The Balaban J connectivity index is 0.00000177. The number of nitrogens with one attached hydrogen (secondary N) is 4. The molecular formula is C49H70Cl2N8O7. The zero-order valence-corrected chi connectivity index (χ0v) is 41.6. The molecule has 0 bridgehead atoms. The number of alkyl carbamates (subject to hydrolysis) is 1. The molecule has 66 heavy (non-hydrogen) atoms. The first kappa shape index (κ1) is 60.2. The molecular weight excluding hydrogens is 883 g/mol. The van der Waals surface area contributed by atoms with Gasteiger partial charge in [0, 0.05) is 36.4 Å². The first-order valence-electron chi connectivity index (χ1n) is 21.7. The van der Waals surface area contributed by atoms with Crippen LogP contribution in [0.2, 0.25) is 10.3 Å². The molecule has 1 fully saturated rings. The minimum absolute atomic E-state index is 0.00662. The van der Waals surface area contributed by atoms with Crippen LogP contribution in [0.3, 0.4) is 0 Å². The number of aromatic amines is 2. The van der Waals surface area contributed by atoms with Crippen LogP contribution in [0.5, 0.6) is 0 Å². The van der Waals surface area contributed by atoms with Crippen LogP contribution in [0.15, 0.2) is 48.5 Å². The number of aromatic nitrogens is 4. The number of terminal acetylenes is 2. The Labute approximate surface area is 402 Å². The highest BCUT2D eigenvalue weighted by molar-refractivity contribution is 6.32. The number of hydrogen-bond donors (Lipinski definition) is 5. The van der Waals surface area contributed by atoms with E-state index in [2.05, 4.69) is 88.7 Å². The second-order valence-electron chi connectivity index (χ2n) is 15.1. The maximum Gasteiger partial charge on any atom is 0.407 e. The maximum atomic E-state index is 12.8. The van der Waals surface area contributed by atoms with Crippen molar-refractivity contribution >= 4 is 47.6 Å². The van der Waals surface area contributed by atoms with Crippen molar-refractivity contribution in [2.45, 2.75) is 99.8 Å². The van der Waals surface area contributed by atoms with Crippen LogP contribution in [0.1, 0.15) is 86.3 Å². The van der Waals surface area contributed by atoms with Crippen molar-refractivity contribution in [3.05, 3.63) is 70.5 Å². The van der Waals surface area contributed by atoms with Crippen LogP contribution in [0.25, 0.3) is 33.6 Å². The van der Waals surface area contributed by atoms with Crippen LogP contribution in [0.4, 0.5) is 9.59 Å². The molecule has 0 saturated carbocycles. The highest BCUT2D eigenvalue weighted by Crippen LogP contribution is 2.32. The summed E-state index contributed by atoms with van der Waals surface area (Å²) in [6, 6.07) is 16.3. The summed E-state index contributed by atoms with van der Waals surface area (Å²) in [5.74, 6) is 1.69. The summed E-state index contributed by atoms with van der Waals surface area (Å²) in [7, 11) is 3.33. The number of rotatable bonds is 15. The fraction of sp³-hybridized carbons (Fsp3) is 0.469. The highest BCUT2D eigenvalue weighted by Gasteiger charge is 2.25. The summed E-state index contributed by atoms with van der Waals surface area (Å²) in [6.07, 6.45) is 18.7. The van der Waals surface area contributed by atoms with E-state index in [1.807, 2.05) is 83.1 Å². The number of carboxylic acid groups (broad SMARTS) is 1. The number of hydrogen-bond acceptors (Lipinski definition) is 9. The Bertz CT molecular complexity index is 2030. The van der Waals surface area contributed by atoms with Crippen molar-refractivity contribution in [1.29, 1.82) is 0 Å². The first-order valence-corrected chi connectivity index (χ1v) is 22.5. The molecule has 2 aromatic heterocycles. The van der Waals surface area contributed by atoms with Crippen LogP contribution in [0, 0.1) is 37.5 Å². The summed E-state index contributed by atoms with van der Waals surface area (Å²) in [4.78, 5) is 63.1. The molecule has 2 aromatic carbocycles. The van der Waals surface area contributed by atoms with E-state index in [9.17, 15) is 19.2 Å². The fourth-order valence-electron chi connectivity index (χ4n) is 5.98. The molecule has 5 rings (SSSR count). The van der Waals surface area contributed by atoms with E-state index in [0.717, 1.165) is 47.0 Å². The normalized spacial score (nSPS) is 12.3. The number of carbonyl (C=O) groups excluding carboxylic acids is 3. The fourth-order valence-corrected chi connectivity index (χ4v) is 6.50. The smallest absolute Gasteiger partial charge is 0.407 e. The monoisotopic (exact) mass is 952 g/mol. The molecule has 0 spiro atoms. The lowest BCUT2D eigenvalue weighted by Gasteiger charge is -2.31. The van der Waals surface area contributed by atoms with Gasteiger partial charge in [-0.1, -0.05) is 113 Å². The van der Waals surface area contributed by atoms with Crippen molar-refractivity contribution < 1.29 is 33.8 Å². The number of nitrogens with zero attached hydrogens (tertiary/aromatic N) is 4. The number of carbonyl (C=O) groups is 4. The third-order valence-electron chi connectivity index (χ3n) is 10.2. The molecule has 362 valence electrons. The largest absolute Gasteiger partial charge is 0.465 e. The lowest BCUT2D eigenvalue weighted by Crippen LogP contribution is -2.46. The van der Waals surface area contributed by atoms with Gasteiger partial charge in [0.1, 0.15) is 46.2 Å². The van der Waals surface area contributed by atoms with Gasteiger partial charge in [-0.25, -0.2) is 19.6 Å². The number of methoxy groups -OCH3 is 1. The molecule has 2 atom stereocenters. The summed E-state index contributed by atoms with van der Waals surface area (Å²) in [6.45, 7) is 19.1. The van der Waals surface area contributed by atoms with Gasteiger partial charge < -0.3 is 44.9 Å². The average molecular weight is 954 g/mol. The maximum absolute atomic E-state index is 12.8. The standard InChI is InChI=1S/C34H43Cl2N7O3.C5H10O.C4H7NO3.C2H6.2C2H2/c1-19(2)21(5)42(7)17-27-38-30(32(35)40-27)25-12-8-23(9-13-25)24-10-14-26(15-11-24)31-33(36)41-28(39-31)18-43(22(6)20(3)4)29(44)16-37-34(45)46;1-2-4-6-5-3-1;1-8-4(7)5-2-3-6;3*1-2/h8-15,19-22,37H,16-18H2,1-7H3,(H,38,40)(H,39,41)(H,45,46);1-5H2;3H,2H2,1H3,(H,5,7);1-2H3;2*1-2H/t21-,22?;;;;;/m1...../s1. The second kappa shape index (κ2) is 33.6. The van der Waals surface area contributed by atoms with Crippen LogP contribution >= 0.6 is 23.2 Å². The Morgan fingerprint density at radius 2 is 1.18 bits per heavy atom. The van der Waals surface area contributed by atoms with Gasteiger partial charge in [-0.2, -0.15) is 0 Å². The van der Waals surface area contributed by atoms with E-state index < -0.39 is 12.2 Å². The van der Waals surface area contributed by atoms with Gasteiger partial charge in [0.15, 0.2) is 0 Å². The van der Waals surface area contributed by atoms with Gasteiger partial charge in [-0.3, -0.25) is 9.69 Å². The Kier molecular flexibility index (Phi) is 30.6. The molecule has 1 aliphatic rings. The molecule has 1 saturated heterocycles. The van der Waals surface area contributed by atoms with Crippen LogP contribution in [-0.4, -0.2) is 112 Å². The zero-order chi connectivity index (χ0) is 50.4. The molecule has 5 N–H and O–H groups in total. The molecule has 0 radical (unpaired) electrons. The number of ether oxygens (including phenoxy) is 2. The molecule has 3 amide bonds. The number of benzene rings is 2. The molecule has 15 nitrogen and oxygen atoms in total. The van der Waals surface area contributed by atoms with Gasteiger partial charge in [0.2, 0.25) is 5.91 Å². The SMILES string of the molecule is C#C.C#C.C1CCOCC1.CC.CC(C)C(C)N(Cc1nc(-c2ccc(-c3ccc(-c4nc(CN(C)[C@H](C)C(C)C)[nH]c4Cl)cc3)cc2)c(Cl)[nH]1)C(=O)CNC(=O)O.COC(=O)NCC=O. The van der Waals surface area contributed by atoms with E-state index in [1.165, 1.54) is 26.4 Å². The van der Waals surface area contributed by atoms with Gasteiger partial charge in [0.05, 0.1) is 26.7 Å². The number of H-pyrrole nitrogens is 2. The molecule has 1 aliphatic heterocycles. The lowest BCUT2D eigenvalue weighted by atomic mass is 10.0. The molecule has 3 heterocycles. The minimum atomic E-state index is -1.25. The number of amides is 3.